The maximum Gasteiger partial charge on any atom is 0.0521 e. The van der Waals surface area contributed by atoms with E-state index in [1.165, 1.54) is 0 Å². The highest BCUT2D eigenvalue weighted by Crippen LogP contribution is 1.91. The molecule has 1 unspecified atom stereocenters. The highest BCUT2D eigenvalue weighted by molar-refractivity contribution is 4.63. The fourth-order valence-electron chi connectivity index (χ4n) is 0.524. The monoisotopic (exact) mass is 132 g/mol. The van der Waals surface area contributed by atoms with Crippen molar-refractivity contribution in [3.8, 4) is 0 Å². The summed E-state index contributed by atoms with van der Waals surface area (Å²) in [5, 5.41) is 0. The number of hydrogen-bond donors (Lipinski definition) is 4. The van der Waals surface area contributed by atoms with Crippen LogP contribution in [0.1, 0.15) is 12.8 Å². The molecule has 0 amide bonds. The Morgan fingerprint density at radius 1 is 1.00 bits per heavy atom. The summed E-state index contributed by atoms with van der Waals surface area (Å²) < 4.78 is 0. The quantitative estimate of drug-likeness (QED) is 0.342. The van der Waals surface area contributed by atoms with Crippen LogP contribution in [0.25, 0.3) is 0 Å². The first-order valence-corrected chi connectivity index (χ1v) is 3.13. The van der Waals surface area contributed by atoms with E-state index in [1.54, 1.807) is 0 Å². The van der Waals surface area contributed by atoms with Crippen LogP contribution >= 0.6 is 0 Å². The highest BCUT2D eigenvalue weighted by Gasteiger charge is 2.00. The van der Waals surface area contributed by atoms with Crippen LogP contribution in [0.15, 0.2) is 0 Å². The van der Waals surface area contributed by atoms with E-state index >= 15 is 0 Å². The Morgan fingerprint density at radius 3 is 1.89 bits per heavy atom. The van der Waals surface area contributed by atoms with Crippen molar-refractivity contribution < 1.29 is 0 Å². The molecule has 4 nitrogen and oxygen atoms in total. The van der Waals surface area contributed by atoms with Gasteiger partial charge in [-0.1, -0.05) is 0 Å². The van der Waals surface area contributed by atoms with Crippen molar-refractivity contribution in [2.45, 2.75) is 25.0 Å². The average Bonchev–Trinajstić information content (AvgIpc) is 1.83. The smallest absolute Gasteiger partial charge is 0.0521 e. The summed E-state index contributed by atoms with van der Waals surface area (Å²) in [7, 11) is 0. The second-order valence-corrected chi connectivity index (χ2v) is 2.24. The van der Waals surface area contributed by atoms with Crippen molar-refractivity contribution in [1.82, 2.24) is 0 Å². The van der Waals surface area contributed by atoms with E-state index in [0.29, 0.717) is 6.54 Å². The molecular formula is C5H16N4. The normalized spacial score (nSPS) is 14.3. The molecule has 0 saturated heterocycles. The molecule has 8 N–H and O–H groups in total. The molecule has 0 rings (SSSR count). The molecule has 1 atom stereocenters. The molecule has 0 heterocycles. The summed E-state index contributed by atoms with van der Waals surface area (Å²) in [6.07, 6.45) is 1.31. The standard InChI is InChI=1S/C5H16N4/c6-3-4(7)1-2-5(8)9/h4-5H,1-3,6-9H2. The van der Waals surface area contributed by atoms with Crippen LogP contribution < -0.4 is 22.9 Å². The summed E-state index contributed by atoms with van der Waals surface area (Å²) >= 11 is 0. The van der Waals surface area contributed by atoms with Crippen LogP contribution in [0.3, 0.4) is 0 Å². The van der Waals surface area contributed by atoms with Gasteiger partial charge in [0.05, 0.1) is 6.17 Å². The predicted molar refractivity (Wildman–Crippen MR) is 38.4 cm³/mol. The zero-order valence-corrected chi connectivity index (χ0v) is 5.59. The topological polar surface area (TPSA) is 104 Å². The first-order chi connectivity index (χ1) is 4.16. The third-order valence-electron chi connectivity index (χ3n) is 1.17. The van der Waals surface area contributed by atoms with E-state index in [0.717, 1.165) is 12.8 Å². The second-order valence-electron chi connectivity index (χ2n) is 2.24. The van der Waals surface area contributed by atoms with Gasteiger partial charge in [0.1, 0.15) is 0 Å². The van der Waals surface area contributed by atoms with Crippen molar-refractivity contribution in [3.05, 3.63) is 0 Å². The van der Waals surface area contributed by atoms with E-state index in [4.69, 9.17) is 22.9 Å². The Bertz CT molecular complexity index is 64.0. The van der Waals surface area contributed by atoms with E-state index < -0.39 is 0 Å². The zero-order chi connectivity index (χ0) is 7.28. The summed E-state index contributed by atoms with van der Waals surface area (Å²) in [5.74, 6) is 0. The van der Waals surface area contributed by atoms with Crippen LogP contribution in [0.5, 0.6) is 0 Å². The predicted octanol–water partition coefficient (Wildman–Crippen LogP) is -1.70. The van der Waals surface area contributed by atoms with Crippen LogP contribution in [-0.4, -0.2) is 18.8 Å². The lowest BCUT2D eigenvalue weighted by Gasteiger charge is -2.09. The fraction of sp³-hybridized carbons (Fsp3) is 1.00. The third-order valence-corrected chi connectivity index (χ3v) is 1.17. The first-order valence-electron chi connectivity index (χ1n) is 3.13. The molecule has 0 aliphatic rings. The number of rotatable bonds is 4. The Labute approximate surface area is 55.6 Å². The molecule has 0 aromatic carbocycles. The summed E-state index contributed by atoms with van der Waals surface area (Å²) in [5.41, 5.74) is 21.3. The van der Waals surface area contributed by atoms with E-state index in [9.17, 15) is 0 Å². The maximum atomic E-state index is 5.49. The molecule has 0 aromatic rings. The van der Waals surface area contributed by atoms with Gasteiger partial charge in [-0.05, 0) is 12.8 Å². The van der Waals surface area contributed by atoms with Gasteiger partial charge in [-0.25, -0.2) is 0 Å². The molecule has 0 aromatic heterocycles. The van der Waals surface area contributed by atoms with Gasteiger partial charge in [-0.3, -0.25) is 0 Å². The van der Waals surface area contributed by atoms with E-state index in [-0.39, 0.29) is 12.2 Å². The van der Waals surface area contributed by atoms with Crippen molar-refractivity contribution in [2.24, 2.45) is 22.9 Å². The largest absolute Gasteiger partial charge is 0.329 e. The average molecular weight is 132 g/mol. The SMILES string of the molecule is NCC(N)CCC(N)N. The van der Waals surface area contributed by atoms with Crippen molar-refractivity contribution >= 4 is 0 Å². The van der Waals surface area contributed by atoms with E-state index in [1.807, 2.05) is 0 Å². The first kappa shape index (κ1) is 8.84. The van der Waals surface area contributed by atoms with Crippen LogP contribution in [0.2, 0.25) is 0 Å². The summed E-state index contributed by atoms with van der Waals surface area (Å²) in [6.45, 7) is 0.507. The van der Waals surface area contributed by atoms with Crippen molar-refractivity contribution in [1.29, 1.82) is 0 Å². The molecule has 0 radical (unpaired) electrons. The molecule has 0 spiro atoms. The van der Waals surface area contributed by atoms with Crippen molar-refractivity contribution in [3.63, 3.8) is 0 Å². The summed E-state index contributed by atoms with van der Waals surface area (Å²) in [4.78, 5) is 0. The van der Waals surface area contributed by atoms with Gasteiger partial charge >= 0.3 is 0 Å². The van der Waals surface area contributed by atoms with Crippen LogP contribution in [0.4, 0.5) is 0 Å². The number of nitrogens with two attached hydrogens (primary N) is 4. The molecular weight excluding hydrogens is 116 g/mol. The molecule has 0 aliphatic heterocycles. The molecule has 0 fully saturated rings. The minimum Gasteiger partial charge on any atom is -0.329 e. The fourth-order valence-corrected chi connectivity index (χ4v) is 0.524. The minimum atomic E-state index is -0.248. The molecule has 0 aliphatic carbocycles. The lowest BCUT2D eigenvalue weighted by Crippen LogP contribution is -2.35. The lowest BCUT2D eigenvalue weighted by atomic mass is 10.1. The Morgan fingerprint density at radius 2 is 1.56 bits per heavy atom. The van der Waals surface area contributed by atoms with Gasteiger partial charge in [0.15, 0.2) is 0 Å². The Kier molecular flexibility index (Phi) is 4.61. The maximum absolute atomic E-state index is 5.49. The van der Waals surface area contributed by atoms with Gasteiger partial charge in [0.2, 0.25) is 0 Å². The van der Waals surface area contributed by atoms with E-state index in [2.05, 4.69) is 0 Å². The van der Waals surface area contributed by atoms with Gasteiger partial charge in [0.25, 0.3) is 0 Å². The molecule has 0 bridgehead atoms. The summed E-state index contributed by atoms with van der Waals surface area (Å²) in [6, 6.07) is 0.0552. The van der Waals surface area contributed by atoms with Gasteiger partial charge in [-0.15, -0.1) is 0 Å². The van der Waals surface area contributed by atoms with Gasteiger partial charge in [0, 0.05) is 12.6 Å². The Balaban J connectivity index is 3.06. The second kappa shape index (κ2) is 4.69. The van der Waals surface area contributed by atoms with Crippen molar-refractivity contribution in [2.75, 3.05) is 6.54 Å². The Hall–Kier alpha value is -0.160. The van der Waals surface area contributed by atoms with Crippen LogP contribution in [0, 0.1) is 0 Å². The van der Waals surface area contributed by atoms with Gasteiger partial charge in [-0.2, -0.15) is 0 Å². The number of hydrogen-bond acceptors (Lipinski definition) is 4. The zero-order valence-electron chi connectivity index (χ0n) is 5.59. The van der Waals surface area contributed by atoms with Crippen LogP contribution in [-0.2, 0) is 0 Å². The molecule has 9 heavy (non-hydrogen) atoms. The molecule has 56 valence electrons. The minimum absolute atomic E-state index is 0.0552. The van der Waals surface area contributed by atoms with Gasteiger partial charge < -0.3 is 22.9 Å². The lowest BCUT2D eigenvalue weighted by molar-refractivity contribution is 0.532. The molecule has 0 saturated carbocycles. The molecule has 4 heteroatoms. The third kappa shape index (κ3) is 5.72. The highest BCUT2D eigenvalue weighted by atomic mass is 14.8.